The molecule has 0 saturated heterocycles. The highest BCUT2D eigenvalue weighted by atomic mass is 16.3. The number of amides is 1. The Morgan fingerprint density at radius 2 is 2.04 bits per heavy atom. The average molecular weight is 316 g/mol. The fourth-order valence-electron chi connectivity index (χ4n) is 2.57. The summed E-state index contributed by atoms with van der Waals surface area (Å²) in [5.74, 6) is -0.0117. The molecule has 124 valence electrons. The molecule has 1 aromatic carbocycles. The van der Waals surface area contributed by atoms with Gasteiger partial charge in [0.1, 0.15) is 0 Å². The van der Waals surface area contributed by atoms with Crippen molar-refractivity contribution in [2.75, 3.05) is 23.9 Å². The summed E-state index contributed by atoms with van der Waals surface area (Å²) in [7, 11) is 1.76. The Hall–Kier alpha value is -2.34. The quantitative estimate of drug-likeness (QED) is 0.856. The number of para-hydroxylation sites is 2. The first-order valence-electron chi connectivity index (χ1n) is 7.66. The Morgan fingerprint density at radius 3 is 2.70 bits per heavy atom. The highest BCUT2D eigenvalue weighted by Crippen LogP contribution is 2.26. The molecule has 0 aliphatic rings. The third kappa shape index (κ3) is 3.71. The largest absolute Gasteiger partial charge is 0.394 e. The van der Waals surface area contributed by atoms with Crippen LogP contribution in [0.15, 0.2) is 24.3 Å². The van der Waals surface area contributed by atoms with Gasteiger partial charge in [0.05, 0.1) is 30.2 Å². The molecule has 1 aromatic heterocycles. The van der Waals surface area contributed by atoms with Crippen LogP contribution in [-0.2, 0) is 17.9 Å². The number of hydrogen-bond acceptors (Lipinski definition) is 4. The maximum Gasteiger partial charge on any atom is 0.223 e. The summed E-state index contributed by atoms with van der Waals surface area (Å²) in [6.45, 7) is 6.69. The van der Waals surface area contributed by atoms with E-state index in [4.69, 9.17) is 5.11 Å². The van der Waals surface area contributed by atoms with E-state index >= 15 is 0 Å². The van der Waals surface area contributed by atoms with E-state index in [1.807, 2.05) is 42.8 Å². The lowest BCUT2D eigenvalue weighted by atomic mass is 10.2. The Kier molecular flexibility index (Phi) is 5.39. The third-order valence-corrected chi connectivity index (χ3v) is 4.04. The molecule has 0 radical (unpaired) electrons. The van der Waals surface area contributed by atoms with Crippen LogP contribution in [0.4, 0.5) is 11.4 Å². The minimum atomic E-state index is -0.0117. The third-order valence-electron chi connectivity index (χ3n) is 4.04. The first-order chi connectivity index (χ1) is 11.0. The van der Waals surface area contributed by atoms with Gasteiger partial charge in [0.2, 0.25) is 5.91 Å². The van der Waals surface area contributed by atoms with E-state index in [-0.39, 0.29) is 12.5 Å². The zero-order chi connectivity index (χ0) is 17.0. The number of rotatable bonds is 6. The summed E-state index contributed by atoms with van der Waals surface area (Å²) < 4.78 is 1.82. The standard InChI is InChI=1S/C17H24N4O2/c1-12-15(13(2)21(19-12)9-10-22)11-18-16-7-5-6-8-17(16)20(4)14(3)23/h5-8,18,22H,9-11H2,1-4H3. The van der Waals surface area contributed by atoms with Gasteiger partial charge in [0, 0.05) is 31.8 Å². The number of aryl methyl sites for hydroxylation is 1. The van der Waals surface area contributed by atoms with E-state index in [1.54, 1.807) is 18.9 Å². The van der Waals surface area contributed by atoms with E-state index in [2.05, 4.69) is 10.4 Å². The van der Waals surface area contributed by atoms with Crippen LogP contribution in [0.5, 0.6) is 0 Å². The number of nitrogens with zero attached hydrogens (tertiary/aromatic N) is 3. The van der Waals surface area contributed by atoms with Gasteiger partial charge in [-0.1, -0.05) is 12.1 Å². The van der Waals surface area contributed by atoms with Crippen molar-refractivity contribution in [2.45, 2.75) is 33.9 Å². The molecule has 0 atom stereocenters. The molecule has 0 spiro atoms. The normalized spacial score (nSPS) is 10.7. The summed E-state index contributed by atoms with van der Waals surface area (Å²) in [6.07, 6.45) is 0. The highest BCUT2D eigenvalue weighted by molar-refractivity contribution is 5.94. The Balaban J connectivity index is 2.21. The average Bonchev–Trinajstić information content (AvgIpc) is 2.79. The number of benzene rings is 1. The first kappa shape index (κ1) is 17.0. The maximum absolute atomic E-state index is 11.6. The number of aliphatic hydroxyl groups is 1. The molecule has 2 N–H and O–H groups in total. The number of nitrogens with one attached hydrogen (secondary N) is 1. The number of anilines is 2. The van der Waals surface area contributed by atoms with Gasteiger partial charge in [-0.2, -0.15) is 5.10 Å². The van der Waals surface area contributed by atoms with Crippen molar-refractivity contribution in [3.05, 3.63) is 41.2 Å². The molecule has 0 bridgehead atoms. The van der Waals surface area contributed by atoms with Crippen LogP contribution in [-0.4, -0.2) is 34.4 Å². The Bertz CT molecular complexity index is 694. The minimum absolute atomic E-state index is 0.0117. The summed E-state index contributed by atoms with van der Waals surface area (Å²) in [5, 5.41) is 16.9. The van der Waals surface area contributed by atoms with E-state index in [0.717, 1.165) is 28.3 Å². The smallest absolute Gasteiger partial charge is 0.223 e. The van der Waals surface area contributed by atoms with Crippen LogP contribution in [0, 0.1) is 13.8 Å². The number of hydrogen-bond donors (Lipinski definition) is 2. The molecule has 0 fully saturated rings. The van der Waals surface area contributed by atoms with Gasteiger partial charge in [0.25, 0.3) is 0 Å². The molecule has 1 amide bonds. The van der Waals surface area contributed by atoms with Crippen molar-refractivity contribution in [3.8, 4) is 0 Å². The van der Waals surface area contributed by atoms with E-state index < -0.39 is 0 Å². The molecule has 6 nitrogen and oxygen atoms in total. The van der Waals surface area contributed by atoms with Crippen LogP contribution in [0.2, 0.25) is 0 Å². The van der Waals surface area contributed by atoms with Crippen molar-refractivity contribution in [1.29, 1.82) is 0 Å². The van der Waals surface area contributed by atoms with Gasteiger partial charge in [-0.3, -0.25) is 9.48 Å². The molecule has 6 heteroatoms. The van der Waals surface area contributed by atoms with Gasteiger partial charge < -0.3 is 15.3 Å². The summed E-state index contributed by atoms with van der Waals surface area (Å²) in [5.41, 5.74) is 4.85. The van der Waals surface area contributed by atoms with Crippen molar-refractivity contribution in [1.82, 2.24) is 9.78 Å². The molecule has 0 unspecified atom stereocenters. The second-order valence-corrected chi connectivity index (χ2v) is 5.54. The van der Waals surface area contributed by atoms with Gasteiger partial charge >= 0.3 is 0 Å². The van der Waals surface area contributed by atoms with Gasteiger partial charge in [-0.05, 0) is 26.0 Å². The molecule has 23 heavy (non-hydrogen) atoms. The second kappa shape index (κ2) is 7.28. The Labute approximate surface area is 136 Å². The number of carbonyl (C=O) groups excluding carboxylic acids is 1. The molecule has 2 rings (SSSR count). The number of carbonyl (C=O) groups is 1. The number of aromatic nitrogens is 2. The van der Waals surface area contributed by atoms with E-state index in [1.165, 1.54) is 0 Å². The van der Waals surface area contributed by atoms with Crippen LogP contribution in [0.3, 0.4) is 0 Å². The predicted octanol–water partition coefficient (Wildman–Crippen LogP) is 2.09. The van der Waals surface area contributed by atoms with Crippen LogP contribution >= 0.6 is 0 Å². The lowest BCUT2D eigenvalue weighted by molar-refractivity contribution is -0.116. The monoisotopic (exact) mass is 316 g/mol. The molecule has 2 aromatic rings. The van der Waals surface area contributed by atoms with E-state index in [9.17, 15) is 4.79 Å². The zero-order valence-corrected chi connectivity index (χ0v) is 14.1. The topological polar surface area (TPSA) is 70.4 Å². The van der Waals surface area contributed by atoms with Crippen molar-refractivity contribution in [2.24, 2.45) is 0 Å². The molecule has 0 aliphatic heterocycles. The first-order valence-corrected chi connectivity index (χ1v) is 7.66. The fraction of sp³-hybridized carbons (Fsp3) is 0.412. The molecular formula is C17H24N4O2. The molecular weight excluding hydrogens is 292 g/mol. The van der Waals surface area contributed by atoms with Crippen LogP contribution in [0.25, 0.3) is 0 Å². The summed E-state index contributed by atoms with van der Waals surface area (Å²) >= 11 is 0. The van der Waals surface area contributed by atoms with Gasteiger partial charge in [-0.15, -0.1) is 0 Å². The fourth-order valence-corrected chi connectivity index (χ4v) is 2.57. The van der Waals surface area contributed by atoms with Gasteiger partial charge in [-0.25, -0.2) is 0 Å². The maximum atomic E-state index is 11.6. The van der Waals surface area contributed by atoms with Crippen molar-refractivity contribution >= 4 is 17.3 Å². The molecule has 1 heterocycles. The van der Waals surface area contributed by atoms with Crippen LogP contribution in [0.1, 0.15) is 23.9 Å². The van der Waals surface area contributed by atoms with Crippen molar-refractivity contribution in [3.63, 3.8) is 0 Å². The minimum Gasteiger partial charge on any atom is -0.394 e. The lowest BCUT2D eigenvalue weighted by Gasteiger charge is -2.20. The predicted molar refractivity (Wildman–Crippen MR) is 91.6 cm³/mol. The highest BCUT2D eigenvalue weighted by Gasteiger charge is 2.13. The molecule has 0 saturated carbocycles. The molecule has 0 aliphatic carbocycles. The second-order valence-electron chi connectivity index (χ2n) is 5.54. The van der Waals surface area contributed by atoms with Gasteiger partial charge in [0.15, 0.2) is 0 Å². The SMILES string of the molecule is CC(=O)N(C)c1ccccc1NCc1c(C)nn(CCO)c1C. The summed E-state index contributed by atoms with van der Waals surface area (Å²) in [6, 6.07) is 7.72. The Morgan fingerprint density at radius 1 is 1.35 bits per heavy atom. The number of aliphatic hydroxyl groups excluding tert-OH is 1. The lowest BCUT2D eigenvalue weighted by Crippen LogP contribution is -2.23. The van der Waals surface area contributed by atoms with Crippen LogP contribution < -0.4 is 10.2 Å². The zero-order valence-electron chi connectivity index (χ0n) is 14.1. The van der Waals surface area contributed by atoms with Crippen molar-refractivity contribution < 1.29 is 9.90 Å². The van der Waals surface area contributed by atoms with E-state index in [0.29, 0.717) is 13.1 Å². The summed E-state index contributed by atoms with van der Waals surface area (Å²) in [4.78, 5) is 13.2.